The summed E-state index contributed by atoms with van der Waals surface area (Å²) in [6, 6.07) is 14.5. The van der Waals surface area contributed by atoms with Gasteiger partial charge in [0.1, 0.15) is 0 Å². The summed E-state index contributed by atoms with van der Waals surface area (Å²) in [4.78, 5) is 2.41. The maximum atomic E-state index is 6.04. The predicted octanol–water partition coefficient (Wildman–Crippen LogP) is 3.44. The highest BCUT2D eigenvalue weighted by Crippen LogP contribution is 2.26. The number of rotatable bonds is 2. The van der Waals surface area contributed by atoms with E-state index in [0.717, 1.165) is 19.6 Å². The molecule has 2 N–H and O–H groups in total. The molecule has 2 aromatic carbocycles. The minimum absolute atomic E-state index is 0.643. The fraction of sp³-hybridized carbons (Fsp3) is 0.200. The fourth-order valence-electron chi connectivity index (χ4n) is 2.44. The molecule has 92 valence electrons. The highest BCUT2D eigenvalue weighted by molar-refractivity contribution is 6.33. The molecule has 0 spiro atoms. The van der Waals surface area contributed by atoms with Crippen LogP contribution in [0.2, 0.25) is 5.02 Å². The maximum absolute atomic E-state index is 6.04. The van der Waals surface area contributed by atoms with Gasteiger partial charge in [0.05, 0.1) is 10.7 Å². The first-order valence-corrected chi connectivity index (χ1v) is 6.43. The average molecular weight is 259 g/mol. The number of nitrogens with zero attached hydrogens (tertiary/aromatic N) is 1. The van der Waals surface area contributed by atoms with Crippen molar-refractivity contribution in [3.8, 4) is 0 Å². The molecule has 2 aromatic rings. The highest BCUT2D eigenvalue weighted by atomic mass is 35.5. The fourth-order valence-corrected chi connectivity index (χ4v) is 2.65. The Labute approximate surface area is 112 Å². The first kappa shape index (κ1) is 11.6. The van der Waals surface area contributed by atoms with Crippen LogP contribution in [0.3, 0.4) is 0 Å². The largest absolute Gasteiger partial charge is 0.398 e. The SMILES string of the molecule is Nc1ccc(CN2Cc3ccccc3C2)cc1Cl. The zero-order valence-electron chi connectivity index (χ0n) is 10.1. The van der Waals surface area contributed by atoms with Gasteiger partial charge in [-0.05, 0) is 28.8 Å². The van der Waals surface area contributed by atoms with Gasteiger partial charge in [-0.25, -0.2) is 0 Å². The first-order valence-electron chi connectivity index (χ1n) is 6.05. The third kappa shape index (κ3) is 2.22. The van der Waals surface area contributed by atoms with Gasteiger partial charge in [0.25, 0.3) is 0 Å². The van der Waals surface area contributed by atoms with Crippen molar-refractivity contribution in [1.82, 2.24) is 4.90 Å². The highest BCUT2D eigenvalue weighted by Gasteiger charge is 2.18. The van der Waals surface area contributed by atoms with Crippen molar-refractivity contribution in [3.63, 3.8) is 0 Å². The van der Waals surface area contributed by atoms with Gasteiger partial charge in [-0.3, -0.25) is 4.90 Å². The lowest BCUT2D eigenvalue weighted by Crippen LogP contribution is -2.15. The van der Waals surface area contributed by atoms with Gasteiger partial charge >= 0.3 is 0 Å². The van der Waals surface area contributed by atoms with E-state index in [0.29, 0.717) is 10.7 Å². The van der Waals surface area contributed by atoms with Crippen molar-refractivity contribution in [1.29, 1.82) is 0 Å². The average Bonchev–Trinajstić information content (AvgIpc) is 2.76. The molecule has 0 atom stereocenters. The van der Waals surface area contributed by atoms with Crippen LogP contribution < -0.4 is 5.73 Å². The predicted molar refractivity (Wildman–Crippen MR) is 75.3 cm³/mol. The van der Waals surface area contributed by atoms with Gasteiger partial charge in [0, 0.05) is 19.6 Å². The Morgan fingerprint density at radius 2 is 1.72 bits per heavy atom. The molecule has 0 saturated heterocycles. The van der Waals surface area contributed by atoms with Crippen LogP contribution in [0.25, 0.3) is 0 Å². The van der Waals surface area contributed by atoms with Crippen LogP contribution in [0.4, 0.5) is 5.69 Å². The molecule has 0 fully saturated rings. The molecule has 0 bridgehead atoms. The molecule has 0 radical (unpaired) electrons. The third-order valence-corrected chi connectivity index (χ3v) is 3.70. The van der Waals surface area contributed by atoms with Crippen LogP contribution in [0.1, 0.15) is 16.7 Å². The molecular weight excluding hydrogens is 244 g/mol. The minimum Gasteiger partial charge on any atom is -0.398 e. The van der Waals surface area contributed by atoms with Crippen molar-refractivity contribution in [3.05, 3.63) is 64.2 Å². The number of anilines is 1. The molecule has 0 saturated carbocycles. The van der Waals surface area contributed by atoms with E-state index in [4.69, 9.17) is 17.3 Å². The summed E-state index contributed by atoms with van der Waals surface area (Å²) in [6.45, 7) is 2.94. The van der Waals surface area contributed by atoms with E-state index in [1.165, 1.54) is 16.7 Å². The van der Waals surface area contributed by atoms with E-state index < -0.39 is 0 Å². The van der Waals surface area contributed by atoms with Gasteiger partial charge in [-0.1, -0.05) is 41.9 Å². The van der Waals surface area contributed by atoms with Gasteiger partial charge in [0.2, 0.25) is 0 Å². The second kappa shape index (κ2) is 4.63. The molecule has 1 heterocycles. The van der Waals surface area contributed by atoms with E-state index in [9.17, 15) is 0 Å². The molecule has 3 rings (SSSR count). The zero-order chi connectivity index (χ0) is 12.5. The normalized spacial score (nSPS) is 14.7. The summed E-state index contributed by atoms with van der Waals surface area (Å²) in [5, 5.41) is 0.643. The van der Waals surface area contributed by atoms with Crippen LogP contribution in [-0.4, -0.2) is 4.90 Å². The number of nitrogen functional groups attached to an aromatic ring is 1. The lowest BCUT2D eigenvalue weighted by Gasteiger charge is -2.15. The Morgan fingerprint density at radius 3 is 2.33 bits per heavy atom. The van der Waals surface area contributed by atoms with Crippen molar-refractivity contribution >= 4 is 17.3 Å². The summed E-state index contributed by atoms with van der Waals surface area (Å²) in [5.41, 5.74) is 10.4. The molecular formula is C15H15ClN2. The smallest absolute Gasteiger partial charge is 0.0638 e. The summed E-state index contributed by atoms with van der Waals surface area (Å²) in [6.07, 6.45) is 0. The van der Waals surface area contributed by atoms with E-state index in [2.05, 4.69) is 29.2 Å². The Morgan fingerprint density at radius 1 is 1.06 bits per heavy atom. The number of nitrogens with two attached hydrogens (primary N) is 1. The van der Waals surface area contributed by atoms with E-state index >= 15 is 0 Å². The number of hydrogen-bond donors (Lipinski definition) is 1. The quantitative estimate of drug-likeness (QED) is 0.836. The number of benzene rings is 2. The van der Waals surface area contributed by atoms with Crippen LogP contribution in [0.15, 0.2) is 42.5 Å². The molecule has 1 aliphatic rings. The molecule has 0 amide bonds. The number of hydrogen-bond acceptors (Lipinski definition) is 2. The van der Waals surface area contributed by atoms with Gasteiger partial charge in [-0.2, -0.15) is 0 Å². The van der Waals surface area contributed by atoms with E-state index in [-0.39, 0.29) is 0 Å². The van der Waals surface area contributed by atoms with Crippen molar-refractivity contribution < 1.29 is 0 Å². The molecule has 2 nitrogen and oxygen atoms in total. The second-order valence-electron chi connectivity index (χ2n) is 4.77. The van der Waals surface area contributed by atoms with E-state index in [1.54, 1.807) is 0 Å². The van der Waals surface area contributed by atoms with Crippen LogP contribution in [-0.2, 0) is 19.6 Å². The number of fused-ring (bicyclic) bond motifs is 1. The Hall–Kier alpha value is -1.51. The molecule has 0 aliphatic carbocycles. The lowest BCUT2D eigenvalue weighted by molar-refractivity contribution is 0.275. The molecule has 3 heteroatoms. The summed E-state index contributed by atoms with van der Waals surface area (Å²) in [7, 11) is 0. The minimum atomic E-state index is 0.643. The van der Waals surface area contributed by atoms with Crippen molar-refractivity contribution in [2.75, 3.05) is 5.73 Å². The summed E-state index contributed by atoms with van der Waals surface area (Å²) >= 11 is 6.04. The Balaban J connectivity index is 1.74. The molecule has 1 aliphatic heterocycles. The van der Waals surface area contributed by atoms with Gasteiger partial charge < -0.3 is 5.73 Å². The second-order valence-corrected chi connectivity index (χ2v) is 5.18. The molecule has 18 heavy (non-hydrogen) atoms. The van der Waals surface area contributed by atoms with Crippen molar-refractivity contribution in [2.45, 2.75) is 19.6 Å². The standard InChI is InChI=1S/C15H15ClN2/c16-14-7-11(5-6-15(14)17)8-18-9-12-3-1-2-4-13(12)10-18/h1-7H,8-10,17H2. The topological polar surface area (TPSA) is 29.3 Å². The Kier molecular flexibility index (Phi) is 2.98. The Bertz CT molecular complexity index is 555. The van der Waals surface area contributed by atoms with Crippen LogP contribution >= 0.6 is 11.6 Å². The monoisotopic (exact) mass is 258 g/mol. The first-order chi connectivity index (χ1) is 8.72. The molecule has 0 aromatic heterocycles. The van der Waals surface area contributed by atoms with Crippen LogP contribution in [0.5, 0.6) is 0 Å². The van der Waals surface area contributed by atoms with Crippen LogP contribution in [0, 0.1) is 0 Å². The van der Waals surface area contributed by atoms with E-state index in [1.807, 2.05) is 18.2 Å². The maximum Gasteiger partial charge on any atom is 0.0638 e. The third-order valence-electron chi connectivity index (χ3n) is 3.38. The number of halogens is 1. The van der Waals surface area contributed by atoms with Gasteiger partial charge in [-0.15, -0.1) is 0 Å². The van der Waals surface area contributed by atoms with Crippen molar-refractivity contribution in [2.24, 2.45) is 0 Å². The zero-order valence-corrected chi connectivity index (χ0v) is 10.8. The lowest BCUT2D eigenvalue weighted by atomic mass is 10.1. The summed E-state index contributed by atoms with van der Waals surface area (Å²) in [5.74, 6) is 0. The summed E-state index contributed by atoms with van der Waals surface area (Å²) < 4.78 is 0. The van der Waals surface area contributed by atoms with Gasteiger partial charge in [0.15, 0.2) is 0 Å². The molecule has 0 unspecified atom stereocenters.